The monoisotopic (exact) mass is 584 g/mol. The second-order valence-electron chi connectivity index (χ2n) is 9.84. The highest BCUT2D eigenvalue weighted by Crippen LogP contribution is 2.37. The second-order valence-corrected chi connectivity index (χ2v) is 9.84. The van der Waals surface area contributed by atoms with Crippen LogP contribution in [0.25, 0.3) is 21.9 Å². The number of esters is 6. The van der Waals surface area contributed by atoms with Gasteiger partial charge in [-0.05, 0) is 77.0 Å². The maximum Gasteiger partial charge on any atom is 0.347 e. The molecule has 10 heteroatoms. The van der Waals surface area contributed by atoms with E-state index in [0.717, 1.165) is 5.39 Å². The van der Waals surface area contributed by atoms with Crippen molar-refractivity contribution in [3.05, 3.63) is 130 Å². The van der Waals surface area contributed by atoms with Crippen LogP contribution < -0.4 is 9.47 Å². The lowest BCUT2D eigenvalue weighted by molar-refractivity contribution is 0.0425. The molecule has 0 radical (unpaired) electrons. The molecule has 0 N–H and O–H groups in total. The van der Waals surface area contributed by atoms with Gasteiger partial charge in [-0.3, -0.25) is 0 Å². The Morgan fingerprint density at radius 3 is 2.00 bits per heavy atom. The number of hydrogen-bond donors (Lipinski definition) is 0. The molecule has 0 aliphatic carbocycles. The molecule has 7 rings (SSSR count). The Labute approximate surface area is 247 Å². The molecule has 0 atom stereocenters. The number of cyclic esters (lactones) is 4. The average Bonchev–Trinajstić information content (AvgIpc) is 3.49. The molecule has 0 aromatic heterocycles. The predicted octanol–water partition coefficient (Wildman–Crippen LogP) is 5.57. The Kier molecular flexibility index (Phi) is 6.10. The van der Waals surface area contributed by atoms with E-state index < -0.39 is 35.8 Å². The van der Waals surface area contributed by atoms with E-state index in [4.69, 9.17) is 14.2 Å². The molecule has 0 spiro atoms. The van der Waals surface area contributed by atoms with Crippen molar-refractivity contribution in [2.75, 3.05) is 0 Å². The van der Waals surface area contributed by atoms with Crippen LogP contribution in [0, 0.1) is 0 Å². The van der Waals surface area contributed by atoms with Crippen LogP contribution in [0.15, 0.2) is 97.1 Å². The molecule has 0 saturated carbocycles. The summed E-state index contributed by atoms with van der Waals surface area (Å²) in [6.45, 7) is 0. The van der Waals surface area contributed by atoms with Crippen LogP contribution in [0.4, 0.5) is 0 Å². The van der Waals surface area contributed by atoms with Crippen molar-refractivity contribution < 1.29 is 47.7 Å². The molecule has 2 heterocycles. The molecule has 10 nitrogen and oxygen atoms in total. The standard InChI is InChI=1S/C34H16O10/c35-29(19-9-11-23-26(16-19)33(39)43-30(23)36)42-22-10-8-17-6-7-18(14-20(17)15-22)27-24(31(37)41-21-4-2-1-3-5-21)12-13-25-28(27)34(40)44-32(25)38/h1-16H. The van der Waals surface area contributed by atoms with Gasteiger partial charge in [0, 0.05) is 5.56 Å². The lowest BCUT2D eigenvalue weighted by Gasteiger charge is -2.13. The van der Waals surface area contributed by atoms with Crippen LogP contribution in [0.5, 0.6) is 11.5 Å². The molecular weight excluding hydrogens is 568 g/mol. The zero-order valence-electron chi connectivity index (χ0n) is 22.3. The average molecular weight is 584 g/mol. The fraction of sp³-hybridized carbons (Fsp3) is 0. The zero-order valence-corrected chi connectivity index (χ0v) is 22.3. The maximum absolute atomic E-state index is 13.3. The highest BCUT2D eigenvalue weighted by Gasteiger charge is 2.36. The van der Waals surface area contributed by atoms with Crippen molar-refractivity contribution in [1.29, 1.82) is 0 Å². The van der Waals surface area contributed by atoms with Gasteiger partial charge in [-0.2, -0.15) is 0 Å². The Bertz CT molecular complexity index is 2130. The van der Waals surface area contributed by atoms with Crippen LogP contribution >= 0.6 is 0 Å². The van der Waals surface area contributed by atoms with Gasteiger partial charge in [0.15, 0.2) is 0 Å². The third-order valence-electron chi connectivity index (χ3n) is 7.18. The lowest BCUT2D eigenvalue weighted by atomic mass is 9.90. The largest absolute Gasteiger partial charge is 0.423 e. The molecule has 0 saturated heterocycles. The van der Waals surface area contributed by atoms with E-state index in [1.807, 2.05) is 0 Å². The van der Waals surface area contributed by atoms with Gasteiger partial charge in [0.1, 0.15) is 11.5 Å². The van der Waals surface area contributed by atoms with Crippen molar-refractivity contribution in [1.82, 2.24) is 0 Å². The van der Waals surface area contributed by atoms with Gasteiger partial charge < -0.3 is 18.9 Å². The van der Waals surface area contributed by atoms with E-state index in [-0.39, 0.29) is 44.7 Å². The first-order chi connectivity index (χ1) is 21.3. The number of hydrogen-bond acceptors (Lipinski definition) is 10. The van der Waals surface area contributed by atoms with E-state index in [0.29, 0.717) is 16.7 Å². The van der Waals surface area contributed by atoms with Crippen LogP contribution in [-0.4, -0.2) is 35.8 Å². The Balaban J connectivity index is 1.26. The predicted molar refractivity (Wildman–Crippen MR) is 152 cm³/mol. The summed E-state index contributed by atoms with van der Waals surface area (Å²) in [5.74, 6) is -4.41. The summed E-state index contributed by atoms with van der Waals surface area (Å²) < 4.78 is 20.5. The number of ether oxygens (including phenoxy) is 4. The molecule has 212 valence electrons. The van der Waals surface area contributed by atoms with Gasteiger partial charge in [-0.15, -0.1) is 0 Å². The van der Waals surface area contributed by atoms with Gasteiger partial charge in [0.05, 0.1) is 33.4 Å². The van der Waals surface area contributed by atoms with Crippen molar-refractivity contribution in [2.24, 2.45) is 0 Å². The zero-order chi connectivity index (χ0) is 30.5. The first-order valence-corrected chi connectivity index (χ1v) is 13.1. The molecule has 0 bridgehead atoms. The Morgan fingerprint density at radius 1 is 0.500 bits per heavy atom. The summed E-state index contributed by atoms with van der Waals surface area (Å²) in [4.78, 5) is 75.0. The van der Waals surface area contributed by atoms with Gasteiger partial charge >= 0.3 is 35.8 Å². The summed E-state index contributed by atoms with van der Waals surface area (Å²) in [5, 5.41) is 1.32. The number of para-hydroxylation sites is 1. The quantitative estimate of drug-likeness (QED) is 0.146. The Morgan fingerprint density at radius 2 is 1.18 bits per heavy atom. The number of rotatable bonds is 5. The lowest BCUT2D eigenvalue weighted by Crippen LogP contribution is -2.12. The molecule has 2 aliphatic rings. The van der Waals surface area contributed by atoms with E-state index in [1.54, 1.807) is 66.7 Å². The summed E-state index contributed by atoms with van der Waals surface area (Å²) in [5.41, 5.74) is 0.631. The van der Waals surface area contributed by atoms with Crippen molar-refractivity contribution in [3.8, 4) is 22.6 Å². The maximum atomic E-state index is 13.3. The second kappa shape index (κ2) is 10.1. The fourth-order valence-electron chi connectivity index (χ4n) is 5.12. The number of carbonyl (C=O) groups excluding carboxylic acids is 6. The molecule has 5 aromatic rings. The Hall–Kier alpha value is -6.42. The SMILES string of the molecule is O=C(Oc1ccc2ccc(-c3c(C(=O)Oc4ccccc4)ccc4c3C(=O)OC4=O)cc2c1)c1ccc2c(c1)C(=O)OC2=O. The first kappa shape index (κ1) is 26.5. The minimum atomic E-state index is -0.892. The number of carbonyl (C=O) groups is 6. The number of fused-ring (bicyclic) bond motifs is 3. The van der Waals surface area contributed by atoms with Crippen LogP contribution in [0.3, 0.4) is 0 Å². The van der Waals surface area contributed by atoms with Gasteiger partial charge in [0.2, 0.25) is 0 Å². The van der Waals surface area contributed by atoms with Crippen molar-refractivity contribution in [2.45, 2.75) is 0 Å². The van der Waals surface area contributed by atoms with E-state index >= 15 is 0 Å². The van der Waals surface area contributed by atoms with E-state index in [1.165, 1.54) is 30.3 Å². The minimum Gasteiger partial charge on any atom is -0.423 e. The summed E-state index contributed by atoms with van der Waals surface area (Å²) in [6, 6.07) is 25.0. The summed E-state index contributed by atoms with van der Waals surface area (Å²) in [6.07, 6.45) is 0. The molecule has 0 fully saturated rings. The summed E-state index contributed by atoms with van der Waals surface area (Å²) >= 11 is 0. The molecule has 2 aliphatic heterocycles. The molecule has 44 heavy (non-hydrogen) atoms. The molecule has 0 unspecified atom stereocenters. The molecule has 5 aromatic carbocycles. The summed E-state index contributed by atoms with van der Waals surface area (Å²) in [7, 11) is 0. The van der Waals surface area contributed by atoms with Gasteiger partial charge in [-0.1, -0.05) is 36.4 Å². The van der Waals surface area contributed by atoms with Gasteiger partial charge in [-0.25, -0.2) is 28.8 Å². The molecule has 0 amide bonds. The topological polar surface area (TPSA) is 139 Å². The number of benzene rings is 5. The van der Waals surface area contributed by atoms with Crippen LogP contribution in [-0.2, 0) is 9.47 Å². The highest BCUT2D eigenvalue weighted by molar-refractivity contribution is 6.20. The highest BCUT2D eigenvalue weighted by atomic mass is 16.6. The van der Waals surface area contributed by atoms with Crippen LogP contribution in [0.1, 0.15) is 62.1 Å². The van der Waals surface area contributed by atoms with Crippen molar-refractivity contribution in [3.63, 3.8) is 0 Å². The first-order valence-electron chi connectivity index (χ1n) is 13.1. The van der Waals surface area contributed by atoms with E-state index in [9.17, 15) is 28.8 Å². The van der Waals surface area contributed by atoms with Crippen molar-refractivity contribution >= 4 is 46.6 Å². The minimum absolute atomic E-state index is 0.0176. The normalized spacial score (nSPS) is 13.3. The third-order valence-corrected chi connectivity index (χ3v) is 7.18. The van der Waals surface area contributed by atoms with Crippen LogP contribution in [0.2, 0.25) is 0 Å². The van der Waals surface area contributed by atoms with E-state index in [2.05, 4.69) is 4.74 Å². The van der Waals surface area contributed by atoms with Gasteiger partial charge in [0.25, 0.3) is 0 Å². The smallest absolute Gasteiger partial charge is 0.347 e. The third kappa shape index (κ3) is 4.47. The fourth-order valence-corrected chi connectivity index (χ4v) is 5.12. The molecular formula is C34H16O10.